The maximum atomic E-state index is 11.1. The fourth-order valence-corrected chi connectivity index (χ4v) is 2.66. The second-order valence-electron chi connectivity index (χ2n) is 3.55. The summed E-state index contributed by atoms with van der Waals surface area (Å²) in [5, 5.41) is 17.8. The van der Waals surface area contributed by atoms with Crippen molar-refractivity contribution in [3.05, 3.63) is 0 Å². The van der Waals surface area contributed by atoms with Gasteiger partial charge in [0.15, 0.2) is 9.84 Å². The van der Waals surface area contributed by atoms with E-state index in [2.05, 4.69) is 0 Å². The number of hydrogen-bond donors (Lipinski definition) is 2. The second kappa shape index (κ2) is 5.76. The molecule has 1 aliphatic heterocycles. The highest BCUT2D eigenvalue weighted by Gasteiger charge is 2.24. The van der Waals surface area contributed by atoms with Gasteiger partial charge in [0.1, 0.15) is 12.7 Å². The number of aliphatic hydroxyl groups is 2. The molecule has 1 rings (SSSR count). The Morgan fingerprint density at radius 2 is 2.00 bits per heavy atom. The number of ether oxygens (including phenoxy) is 1. The minimum absolute atomic E-state index is 0.0685. The molecule has 1 fully saturated rings. The standard InChI is InChI=1S/C8H15NO5S2/c10-5-7(11)6-14-8(15)9-1-3-16(12,13)4-2-9/h7,10-11H,1-6H2/t7-/m1/s1. The maximum Gasteiger partial charge on any atom is 0.259 e. The third-order valence-electron chi connectivity index (χ3n) is 2.21. The Morgan fingerprint density at radius 3 is 2.50 bits per heavy atom. The Morgan fingerprint density at radius 1 is 1.44 bits per heavy atom. The van der Waals surface area contributed by atoms with Crippen molar-refractivity contribution in [1.82, 2.24) is 4.90 Å². The Balaban J connectivity index is 2.34. The first-order valence-corrected chi connectivity index (χ1v) is 7.08. The molecule has 0 unspecified atom stereocenters. The van der Waals surface area contributed by atoms with Crippen molar-refractivity contribution in [3.63, 3.8) is 0 Å². The first kappa shape index (κ1) is 13.6. The lowest BCUT2D eigenvalue weighted by molar-refractivity contribution is 0.0449. The van der Waals surface area contributed by atoms with Gasteiger partial charge in [0.2, 0.25) is 0 Å². The van der Waals surface area contributed by atoms with Crippen molar-refractivity contribution >= 4 is 27.2 Å². The molecule has 1 aliphatic rings. The number of hydrogen-bond acceptors (Lipinski definition) is 6. The normalized spacial score (nSPS) is 21.5. The largest absolute Gasteiger partial charge is 0.468 e. The lowest BCUT2D eigenvalue weighted by Gasteiger charge is -2.28. The van der Waals surface area contributed by atoms with Crippen molar-refractivity contribution in [2.24, 2.45) is 0 Å². The van der Waals surface area contributed by atoms with Crippen LogP contribution in [0.4, 0.5) is 0 Å². The van der Waals surface area contributed by atoms with Crippen LogP contribution < -0.4 is 0 Å². The Labute approximate surface area is 99.7 Å². The maximum absolute atomic E-state index is 11.1. The summed E-state index contributed by atoms with van der Waals surface area (Å²) in [7, 11) is -2.93. The highest BCUT2D eigenvalue weighted by Crippen LogP contribution is 2.05. The summed E-state index contributed by atoms with van der Waals surface area (Å²) >= 11 is 4.93. The molecule has 0 bridgehead atoms. The molecule has 1 saturated heterocycles. The molecule has 0 saturated carbocycles. The van der Waals surface area contributed by atoms with Gasteiger partial charge in [-0.15, -0.1) is 0 Å². The van der Waals surface area contributed by atoms with Crippen LogP contribution in [0.5, 0.6) is 0 Å². The molecule has 94 valence electrons. The van der Waals surface area contributed by atoms with E-state index in [1.807, 2.05) is 0 Å². The van der Waals surface area contributed by atoms with E-state index in [0.29, 0.717) is 13.1 Å². The van der Waals surface area contributed by atoms with Crippen LogP contribution in [-0.4, -0.2) is 72.6 Å². The molecule has 6 nitrogen and oxygen atoms in total. The average molecular weight is 269 g/mol. The first-order valence-electron chi connectivity index (χ1n) is 4.85. The van der Waals surface area contributed by atoms with Gasteiger partial charge in [0, 0.05) is 13.1 Å². The van der Waals surface area contributed by atoms with Crippen LogP contribution in [0.3, 0.4) is 0 Å². The predicted molar refractivity (Wildman–Crippen MR) is 61.9 cm³/mol. The van der Waals surface area contributed by atoms with Gasteiger partial charge < -0.3 is 19.8 Å². The summed E-state index contributed by atoms with van der Waals surface area (Å²) in [5.41, 5.74) is 0. The number of nitrogens with zero attached hydrogens (tertiary/aromatic N) is 1. The van der Waals surface area contributed by atoms with E-state index in [9.17, 15) is 8.42 Å². The van der Waals surface area contributed by atoms with E-state index in [1.165, 1.54) is 0 Å². The van der Waals surface area contributed by atoms with Crippen LogP contribution in [0.15, 0.2) is 0 Å². The van der Waals surface area contributed by atoms with Gasteiger partial charge in [-0.2, -0.15) is 0 Å². The molecule has 1 atom stereocenters. The van der Waals surface area contributed by atoms with Gasteiger partial charge in [0.05, 0.1) is 18.1 Å². The summed E-state index contributed by atoms with van der Waals surface area (Å²) < 4.78 is 27.3. The molecule has 0 amide bonds. The van der Waals surface area contributed by atoms with Gasteiger partial charge in [0.25, 0.3) is 5.17 Å². The van der Waals surface area contributed by atoms with E-state index < -0.39 is 22.5 Å². The predicted octanol–water partition coefficient (Wildman–Crippen LogP) is -1.63. The number of aliphatic hydroxyl groups excluding tert-OH is 2. The summed E-state index contributed by atoms with van der Waals surface area (Å²) in [5.74, 6) is 0.137. The van der Waals surface area contributed by atoms with Crippen LogP contribution in [0, 0.1) is 0 Å². The monoisotopic (exact) mass is 269 g/mol. The van der Waals surface area contributed by atoms with E-state index in [-0.39, 0.29) is 23.3 Å². The molecule has 0 aromatic carbocycles. The zero-order valence-electron chi connectivity index (χ0n) is 8.70. The van der Waals surface area contributed by atoms with Crippen molar-refractivity contribution in [2.45, 2.75) is 6.10 Å². The van der Waals surface area contributed by atoms with Crippen LogP contribution >= 0.6 is 12.2 Å². The smallest absolute Gasteiger partial charge is 0.259 e. The molecule has 16 heavy (non-hydrogen) atoms. The summed E-state index contributed by atoms with van der Waals surface area (Å²) in [6.45, 7) is 0.155. The van der Waals surface area contributed by atoms with Crippen molar-refractivity contribution < 1.29 is 23.4 Å². The molecular weight excluding hydrogens is 254 g/mol. The molecule has 2 N–H and O–H groups in total. The number of sulfone groups is 1. The van der Waals surface area contributed by atoms with Crippen molar-refractivity contribution in [2.75, 3.05) is 37.8 Å². The van der Waals surface area contributed by atoms with Gasteiger partial charge in [-0.1, -0.05) is 0 Å². The van der Waals surface area contributed by atoms with Gasteiger partial charge in [-0.3, -0.25) is 0 Å². The third-order valence-corrected chi connectivity index (χ3v) is 4.20. The summed E-state index contributed by atoms with van der Waals surface area (Å²) in [4.78, 5) is 1.64. The highest BCUT2D eigenvalue weighted by molar-refractivity contribution is 7.91. The SMILES string of the molecule is O=S1(=O)CCN(C(=S)OC[C@H](O)CO)CC1. The van der Waals surface area contributed by atoms with Gasteiger partial charge >= 0.3 is 0 Å². The Bertz CT molecular complexity index is 328. The number of thiocarbonyl (C=S) groups is 1. The molecular formula is C8H15NO5S2. The quantitative estimate of drug-likeness (QED) is 0.595. The Hall–Kier alpha value is -0.440. The zero-order valence-corrected chi connectivity index (χ0v) is 10.3. The Kier molecular flexibility index (Phi) is 4.90. The fraction of sp³-hybridized carbons (Fsp3) is 0.875. The zero-order chi connectivity index (χ0) is 12.2. The van der Waals surface area contributed by atoms with Crippen molar-refractivity contribution in [3.8, 4) is 0 Å². The lowest BCUT2D eigenvalue weighted by atomic mass is 10.4. The lowest BCUT2D eigenvalue weighted by Crippen LogP contribution is -2.44. The van der Waals surface area contributed by atoms with Crippen LogP contribution in [0.25, 0.3) is 0 Å². The van der Waals surface area contributed by atoms with Crippen LogP contribution in [0.2, 0.25) is 0 Å². The first-order chi connectivity index (χ1) is 7.44. The fourth-order valence-electron chi connectivity index (χ4n) is 1.21. The number of rotatable bonds is 3. The third kappa shape index (κ3) is 4.20. The topological polar surface area (TPSA) is 87.1 Å². The minimum atomic E-state index is -2.93. The van der Waals surface area contributed by atoms with E-state index in [4.69, 9.17) is 27.2 Å². The highest BCUT2D eigenvalue weighted by atomic mass is 32.2. The molecule has 0 aromatic rings. The second-order valence-corrected chi connectivity index (χ2v) is 6.21. The molecule has 0 aromatic heterocycles. The average Bonchev–Trinajstić information content (AvgIpc) is 2.25. The van der Waals surface area contributed by atoms with Gasteiger partial charge in [-0.05, 0) is 12.2 Å². The van der Waals surface area contributed by atoms with E-state index in [0.717, 1.165) is 0 Å². The van der Waals surface area contributed by atoms with Crippen LogP contribution in [0.1, 0.15) is 0 Å². The molecule has 0 aliphatic carbocycles. The van der Waals surface area contributed by atoms with E-state index >= 15 is 0 Å². The van der Waals surface area contributed by atoms with E-state index in [1.54, 1.807) is 4.90 Å². The van der Waals surface area contributed by atoms with Gasteiger partial charge in [-0.25, -0.2) is 8.42 Å². The van der Waals surface area contributed by atoms with Crippen molar-refractivity contribution in [1.29, 1.82) is 0 Å². The summed E-state index contributed by atoms with van der Waals surface area (Å²) in [6, 6.07) is 0. The molecule has 8 heteroatoms. The molecule has 0 radical (unpaired) electrons. The minimum Gasteiger partial charge on any atom is -0.468 e. The summed E-state index contributed by atoms with van der Waals surface area (Å²) in [6.07, 6.45) is -0.966. The van der Waals surface area contributed by atoms with Crippen LogP contribution in [-0.2, 0) is 14.6 Å². The molecule has 1 heterocycles. The molecule has 0 spiro atoms.